The number of amides is 2. The van der Waals surface area contributed by atoms with E-state index in [0.29, 0.717) is 37.3 Å². The lowest BCUT2D eigenvalue weighted by atomic mass is 9.87. The molecule has 0 atom stereocenters. The minimum Gasteiger partial charge on any atom is -0.378 e. The molecule has 2 aliphatic rings. The number of benzene rings is 5. The van der Waals surface area contributed by atoms with Crippen molar-refractivity contribution in [2.24, 2.45) is 4.99 Å². The standard InChI is InChI=1S/C54H62N6O2Si/c1-35(2)53(61)58-28-12-26-56-33-48-42-14-10-11-15-43(42)49(34-57-27-13-29-59-54(62)36(3)4)47-30-39(20-23-44(47)48)37-16-18-38(19-17-37)52-45-24-21-40(55-5)31-50(45)63(8,9)51-32-41(60(6)7)22-25-46(51)52/h10-11,14-25,30-32,56-57H,1,3,12-13,26-29,33-34H2,2,4-9H3,(H,58,61)(H,59,62). The summed E-state index contributed by atoms with van der Waals surface area (Å²) in [5.41, 5.74) is 13.2. The summed E-state index contributed by atoms with van der Waals surface area (Å²) in [6.07, 6.45) is 8.38. The minimum atomic E-state index is -2.05. The predicted molar refractivity (Wildman–Crippen MR) is 270 cm³/mol. The second kappa shape index (κ2) is 19.5. The van der Waals surface area contributed by atoms with Gasteiger partial charge >= 0.3 is 0 Å². The van der Waals surface area contributed by atoms with E-state index in [9.17, 15) is 9.59 Å². The maximum absolute atomic E-state index is 12.1. The van der Waals surface area contributed by atoms with Crippen molar-refractivity contribution in [3.05, 3.63) is 160 Å². The van der Waals surface area contributed by atoms with Crippen LogP contribution in [-0.2, 0) is 22.7 Å². The molecule has 0 unspecified atom stereocenters. The fourth-order valence-corrected chi connectivity index (χ4v) is 11.9. The average Bonchev–Trinajstić information content (AvgIpc) is 3.28. The third-order valence-corrected chi connectivity index (χ3v) is 16.0. The maximum Gasteiger partial charge on any atom is 0.246 e. The lowest BCUT2D eigenvalue weighted by molar-refractivity contribution is -0.118. The highest BCUT2D eigenvalue weighted by Gasteiger charge is 2.39. The van der Waals surface area contributed by atoms with Gasteiger partial charge < -0.3 is 26.2 Å². The molecule has 1 heterocycles. The number of nitrogens with one attached hydrogen (secondary N) is 4. The zero-order valence-electron chi connectivity index (χ0n) is 38.1. The molecule has 7 rings (SSSR count). The van der Waals surface area contributed by atoms with E-state index in [1.807, 2.05) is 7.05 Å². The second-order valence-electron chi connectivity index (χ2n) is 17.6. The van der Waals surface area contributed by atoms with E-state index >= 15 is 0 Å². The Bertz CT molecular complexity index is 2740. The van der Waals surface area contributed by atoms with Crippen molar-refractivity contribution in [1.29, 1.82) is 0 Å². The number of nitrogens with zero attached hydrogens (tertiary/aromatic N) is 2. The molecule has 324 valence electrons. The second-order valence-corrected chi connectivity index (χ2v) is 21.9. The lowest BCUT2D eigenvalue weighted by Gasteiger charge is -2.38. The molecular weight excluding hydrogens is 793 g/mol. The Kier molecular flexibility index (Phi) is 13.9. The first-order valence-electron chi connectivity index (χ1n) is 22.1. The number of allylic oxidation sites excluding steroid dienone is 5. The quantitative estimate of drug-likeness (QED) is 0.0325. The number of rotatable bonds is 17. The molecule has 0 aromatic heterocycles. The fourth-order valence-electron chi connectivity index (χ4n) is 8.86. The summed E-state index contributed by atoms with van der Waals surface area (Å²) in [6.45, 7) is 20.0. The number of fused-ring (bicyclic) bond motifs is 4. The topological polar surface area (TPSA) is 97.9 Å². The first-order chi connectivity index (χ1) is 30.3. The van der Waals surface area contributed by atoms with Crippen LogP contribution >= 0.6 is 0 Å². The average molecular weight is 855 g/mol. The van der Waals surface area contributed by atoms with Crippen LogP contribution in [0.2, 0.25) is 13.1 Å². The van der Waals surface area contributed by atoms with Crippen LogP contribution in [0.5, 0.6) is 0 Å². The van der Waals surface area contributed by atoms with E-state index in [0.717, 1.165) is 42.8 Å². The van der Waals surface area contributed by atoms with Crippen molar-refractivity contribution in [1.82, 2.24) is 21.3 Å². The molecule has 4 N–H and O–H groups in total. The van der Waals surface area contributed by atoms with Gasteiger partial charge in [-0.25, -0.2) is 0 Å². The van der Waals surface area contributed by atoms with Gasteiger partial charge in [0.05, 0.1) is 5.71 Å². The highest BCUT2D eigenvalue weighted by atomic mass is 28.3. The largest absolute Gasteiger partial charge is 0.378 e. The molecule has 8 nitrogen and oxygen atoms in total. The number of hydrogen-bond donors (Lipinski definition) is 4. The summed E-state index contributed by atoms with van der Waals surface area (Å²) in [5, 5.41) is 21.0. The molecule has 0 spiro atoms. The SMILES string of the molecule is C=C(C)C(=O)NCCCNCc1c2ccccc2c(CNCCCNC(=O)C(=C)C)c2cc(-c3ccc(C4=C5C=CC(=NC)C=C5[Si](C)(C)c5cc(N(C)C)ccc54)cc3)ccc12. The van der Waals surface area contributed by atoms with Crippen molar-refractivity contribution in [2.45, 2.75) is 52.9 Å². The zero-order valence-corrected chi connectivity index (χ0v) is 39.1. The van der Waals surface area contributed by atoms with Crippen LogP contribution in [0.15, 0.2) is 143 Å². The monoisotopic (exact) mass is 854 g/mol. The van der Waals surface area contributed by atoms with Crippen molar-refractivity contribution in [3.63, 3.8) is 0 Å². The third-order valence-electron chi connectivity index (χ3n) is 12.4. The van der Waals surface area contributed by atoms with E-state index < -0.39 is 8.07 Å². The smallest absolute Gasteiger partial charge is 0.246 e. The van der Waals surface area contributed by atoms with Crippen LogP contribution in [0.1, 0.15) is 48.9 Å². The molecule has 0 saturated heterocycles. The number of carbonyl (C=O) groups is 2. The highest BCUT2D eigenvalue weighted by Crippen LogP contribution is 2.43. The summed E-state index contributed by atoms with van der Waals surface area (Å²) in [6, 6.07) is 31.7. The van der Waals surface area contributed by atoms with Gasteiger partial charge in [-0.15, -0.1) is 0 Å². The molecule has 0 bridgehead atoms. The number of anilines is 1. The first kappa shape index (κ1) is 44.9. The van der Waals surface area contributed by atoms with E-state index in [4.69, 9.17) is 0 Å². The van der Waals surface area contributed by atoms with Gasteiger partial charge in [-0.1, -0.05) is 99.1 Å². The van der Waals surface area contributed by atoms with E-state index in [2.05, 4.69) is 175 Å². The Morgan fingerprint density at radius 1 is 0.667 bits per heavy atom. The molecule has 0 saturated carbocycles. The van der Waals surface area contributed by atoms with Crippen LogP contribution in [0.25, 0.3) is 38.2 Å². The molecule has 9 heteroatoms. The number of hydrogen-bond acceptors (Lipinski definition) is 6. The van der Waals surface area contributed by atoms with Crippen molar-refractivity contribution in [3.8, 4) is 11.1 Å². The highest BCUT2D eigenvalue weighted by molar-refractivity contribution is 6.98. The Hall–Kier alpha value is -6.13. The first-order valence-corrected chi connectivity index (χ1v) is 25.1. The van der Waals surface area contributed by atoms with Gasteiger partial charge in [0.25, 0.3) is 0 Å². The van der Waals surface area contributed by atoms with E-state index in [1.54, 1.807) is 13.8 Å². The van der Waals surface area contributed by atoms with Gasteiger partial charge in [0, 0.05) is 64.2 Å². The molecule has 63 heavy (non-hydrogen) atoms. The van der Waals surface area contributed by atoms with Crippen molar-refractivity contribution >= 4 is 63.6 Å². The molecule has 1 aliphatic heterocycles. The molecule has 0 radical (unpaired) electrons. The normalized spacial score (nSPS) is 14.7. The van der Waals surface area contributed by atoms with E-state index in [1.165, 1.54) is 71.0 Å². The summed E-state index contributed by atoms with van der Waals surface area (Å²) in [7, 11) is 4.05. The lowest BCUT2D eigenvalue weighted by Crippen LogP contribution is -2.49. The number of carbonyl (C=O) groups excluding carboxylic acids is 2. The Labute approximate surface area is 374 Å². The van der Waals surface area contributed by atoms with Crippen LogP contribution in [-0.4, -0.2) is 72.9 Å². The predicted octanol–water partition coefficient (Wildman–Crippen LogP) is 8.91. The van der Waals surface area contributed by atoms with Crippen LogP contribution < -0.4 is 31.4 Å². The molecule has 5 aromatic carbocycles. The summed E-state index contributed by atoms with van der Waals surface area (Å²) >= 11 is 0. The van der Waals surface area contributed by atoms with Gasteiger partial charge in [-0.05, 0) is 147 Å². The molecular formula is C54H62N6O2Si. The molecule has 0 fully saturated rings. The third kappa shape index (κ3) is 9.61. The van der Waals surface area contributed by atoms with Gasteiger partial charge in [0.2, 0.25) is 11.8 Å². The summed E-state index contributed by atoms with van der Waals surface area (Å²) in [5.74, 6) is -0.209. The molecule has 1 aliphatic carbocycles. The maximum atomic E-state index is 12.1. The Morgan fingerprint density at radius 2 is 1.22 bits per heavy atom. The van der Waals surface area contributed by atoms with Gasteiger partial charge in [0.1, 0.15) is 8.07 Å². The summed E-state index contributed by atoms with van der Waals surface area (Å²) in [4.78, 5) is 30.9. The van der Waals surface area contributed by atoms with Gasteiger partial charge in [0.15, 0.2) is 0 Å². The Morgan fingerprint density at radius 3 is 1.79 bits per heavy atom. The van der Waals surface area contributed by atoms with Crippen LogP contribution in [0.4, 0.5) is 5.69 Å². The fraction of sp³-hybridized carbons (Fsp3) is 0.278. The minimum absolute atomic E-state index is 0.104. The van der Waals surface area contributed by atoms with Crippen molar-refractivity contribution in [2.75, 3.05) is 52.2 Å². The summed E-state index contributed by atoms with van der Waals surface area (Å²) < 4.78 is 0. The van der Waals surface area contributed by atoms with Crippen LogP contribution in [0.3, 0.4) is 0 Å². The zero-order chi connectivity index (χ0) is 44.8. The van der Waals surface area contributed by atoms with Gasteiger partial charge in [-0.3, -0.25) is 14.6 Å². The van der Waals surface area contributed by atoms with Crippen LogP contribution in [0, 0.1) is 0 Å². The number of aliphatic imine (C=N–C) groups is 1. The van der Waals surface area contributed by atoms with Gasteiger partial charge in [-0.2, -0.15) is 0 Å². The van der Waals surface area contributed by atoms with E-state index in [-0.39, 0.29) is 11.8 Å². The molecule has 2 amide bonds. The van der Waals surface area contributed by atoms with Crippen molar-refractivity contribution < 1.29 is 9.59 Å². The Balaban J connectivity index is 1.24. The molecule has 5 aromatic rings.